The molecule has 0 saturated heterocycles. The zero-order valence-electron chi connectivity index (χ0n) is 14.9. The number of nitro benzene ring substituents is 1. The van der Waals surface area contributed by atoms with Gasteiger partial charge < -0.3 is 9.47 Å². The Bertz CT molecular complexity index is 927. The van der Waals surface area contributed by atoms with E-state index in [2.05, 4.69) is 0 Å². The normalized spacial score (nSPS) is 11.1. The summed E-state index contributed by atoms with van der Waals surface area (Å²) in [5, 5.41) is 11.1. The molecule has 0 amide bonds. The van der Waals surface area contributed by atoms with E-state index in [0.29, 0.717) is 22.7 Å². The van der Waals surface area contributed by atoms with Crippen molar-refractivity contribution in [1.82, 2.24) is 0 Å². The fourth-order valence-corrected chi connectivity index (χ4v) is 4.04. The van der Waals surface area contributed by atoms with Crippen LogP contribution in [0.25, 0.3) is 0 Å². The SMILES string of the molecule is CCN(c1ccc(OC)cc1OC)S(=O)(=O)c1ccc(C)c([N+](=O)[O-])c1. The number of rotatable bonds is 7. The highest BCUT2D eigenvalue weighted by Crippen LogP contribution is 2.36. The van der Waals surface area contributed by atoms with Gasteiger partial charge in [-0.15, -0.1) is 0 Å². The summed E-state index contributed by atoms with van der Waals surface area (Å²) in [6, 6.07) is 8.61. The first kappa shape index (κ1) is 19.5. The minimum absolute atomic E-state index is 0.118. The number of ether oxygens (including phenoxy) is 2. The third-order valence-electron chi connectivity index (χ3n) is 3.91. The van der Waals surface area contributed by atoms with Crippen molar-refractivity contribution in [2.24, 2.45) is 0 Å². The predicted octanol–water partition coefficient (Wildman–Crippen LogP) is 3.14. The summed E-state index contributed by atoms with van der Waals surface area (Å²) in [6.45, 7) is 3.34. The van der Waals surface area contributed by atoms with Crippen LogP contribution in [-0.4, -0.2) is 34.1 Å². The quantitative estimate of drug-likeness (QED) is 0.540. The number of anilines is 1. The molecular weight excluding hydrogens is 360 g/mol. The Kier molecular flexibility index (Phi) is 5.71. The van der Waals surface area contributed by atoms with Gasteiger partial charge in [-0.1, -0.05) is 6.07 Å². The maximum Gasteiger partial charge on any atom is 0.273 e. The first-order valence-electron chi connectivity index (χ1n) is 7.76. The minimum atomic E-state index is -4.02. The first-order valence-corrected chi connectivity index (χ1v) is 9.20. The number of hydrogen-bond donors (Lipinski definition) is 0. The van der Waals surface area contributed by atoms with Crippen molar-refractivity contribution >= 4 is 21.4 Å². The van der Waals surface area contributed by atoms with Crippen molar-refractivity contribution in [2.75, 3.05) is 25.1 Å². The summed E-state index contributed by atoms with van der Waals surface area (Å²) in [5.41, 5.74) is 0.460. The van der Waals surface area contributed by atoms with Gasteiger partial charge in [0.25, 0.3) is 15.7 Å². The molecule has 0 atom stereocenters. The van der Waals surface area contributed by atoms with Gasteiger partial charge in [-0.2, -0.15) is 0 Å². The van der Waals surface area contributed by atoms with Crippen LogP contribution in [0.15, 0.2) is 41.3 Å². The molecule has 0 saturated carbocycles. The smallest absolute Gasteiger partial charge is 0.273 e. The Morgan fingerprint density at radius 2 is 1.81 bits per heavy atom. The van der Waals surface area contributed by atoms with Crippen molar-refractivity contribution in [2.45, 2.75) is 18.7 Å². The molecule has 0 heterocycles. The van der Waals surface area contributed by atoms with E-state index in [1.165, 1.54) is 26.4 Å². The molecule has 2 rings (SSSR count). The van der Waals surface area contributed by atoms with E-state index in [1.54, 1.807) is 32.0 Å². The Morgan fingerprint density at radius 3 is 2.35 bits per heavy atom. The predicted molar refractivity (Wildman–Crippen MR) is 97.6 cm³/mol. The Balaban J connectivity index is 2.60. The third-order valence-corrected chi connectivity index (χ3v) is 5.79. The third kappa shape index (κ3) is 3.57. The molecule has 0 unspecified atom stereocenters. The molecule has 0 aromatic heterocycles. The number of nitro groups is 1. The van der Waals surface area contributed by atoms with Crippen LogP contribution in [0.4, 0.5) is 11.4 Å². The van der Waals surface area contributed by atoms with Gasteiger partial charge in [0.1, 0.15) is 11.5 Å². The number of aryl methyl sites for hydroxylation is 1. The van der Waals surface area contributed by atoms with Crippen molar-refractivity contribution < 1.29 is 22.8 Å². The molecular formula is C17H20N2O6S. The Labute approximate surface area is 152 Å². The number of sulfonamides is 1. The van der Waals surface area contributed by atoms with E-state index in [-0.39, 0.29) is 17.1 Å². The second-order valence-corrected chi connectivity index (χ2v) is 7.28. The zero-order valence-corrected chi connectivity index (χ0v) is 15.7. The van der Waals surface area contributed by atoms with E-state index >= 15 is 0 Å². The molecule has 0 aliphatic heterocycles. The summed E-state index contributed by atoms with van der Waals surface area (Å²) in [4.78, 5) is 10.4. The van der Waals surface area contributed by atoms with Gasteiger partial charge in [-0.25, -0.2) is 8.42 Å². The molecule has 2 aromatic carbocycles. The average Bonchev–Trinajstić information content (AvgIpc) is 2.62. The van der Waals surface area contributed by atoms with Crippen molar-refractivity contribution in [3.8, 4) is 11.5 Å². The summed E-state index contributed by atoms with van der Waals surface area (Å²) >= 11 is 0. The molecule has 0 bridgehead atoms. The van der Waals surface area contributed by atoms with Crippen molar-refractivity contribution in [3.63, 3.8) is 0 Å². The van der Waals surface area contributed by atoms with Crippen LogP contribution in [0.3, 0.4) is 0 Å². The molecule has 0 N–H and O–H groups in total. The number of benzene rings is 2. The molecule has 0 radical (unpaired) electrons. The highest BCUT2D eigenvalue weighted by Gasteiger charge is 2.28. The van der Waals surface area contributed by atoms with Gasteiger partial charge in [0.15, 0.2) is 0 Å². The van der Waals surface area contributed by atoms with Crippen molar-refractivity contribution in [3.05, 3.63) is 52.1 Å². The average molecular weight is 380 g/mol. The van der Waals surface area contributed by atoms with Gasteiger partial charge in [0.2, 0.25) is 0 Å². The standard InChI is InChI=1S/C17H20N2O6S/c1-5-18(15-9-7-13(24-3)10-17(15)25-4)26(22,23)14-8-6-12(2)16(11-14)19(20)21/h6-11H,5H2,1-4H3. The van der Waals surface area contributed by atoms with Crippen LogP contribution in [-0.2, 0) is 10.0 Å². The monoisotopic (exact) mass is 380 g/mol. The lowest BCUT2D eigenvalue weighted by molar-refractivity contribution is -0.385. The molecule has 0 aliphatic rings. The molecule has 9 heteroatoms. The van der Waals surface area contributed by atoms with E-state index in [4.69, 9.17) is 9.47 Å². The molecule has 140 valence electrons. The van der Waals surface area contributed by atoms with Gasteiger partial charge in [0, 0.05) is 24.2 Å². The highest BCUT2D eigenvalue weighted by molar-refractivity contribution is 7.92. The molecule has 2 aromatic rings. The van der Waals surface area contributed by atoms with Crippen LogP contribution in [0.2, 0.25) is 0 Å². The van der Waals surface area contributed by atoms with E-state index < -0.39 is 14.9 Å². The van der Waals surface area contributed by atoms with Crippen LogP contribution < -0.4 is 13.8 Å². The second kappa shape index (κ2) is 7.61. The maximum absolute atomic E-state index is 13.1. The fourth-order valence-electron chi connectivity index (χ4n) is 2.53. The van der Waals surface area contributed by atoms with Gasteiger partial charge >= 0.3 is 0 Å². The van der Waals surface area contributed by atoms with E-state index in [0.717, 1.165) is 10.4 Å². The van der Waals surface area contributed by atoms with Gasteiger partial charge in [-0.05, 0) is 32.0 Å². The van der Waals surface area contributed by atoms with Crippen LogP contribution in [0.1, 0.15) is 12.5 Å². The van der Waals surface area contributed by atoms with Crippen molar-refractivity contribution in [1.29, 1.82) is 0 Å². The molecule has 8 nitrogen and oxygen atoms in total. The topological polar surface area (TPSA) is 99.0 Å². The van der Waals surface area contributed by atoms with Gasteiger partial charge in [-0.3, -0.25) is 14.4 Å². The van der Waals surface area contributed by atoms with Crippen LogP contribution in [0.5, 0.6) is 11.5 Å². The fraction of sp³-hybridized carbons (Fsp3) is 0.294. The summed E-state index contributed by atoms with van der Waals surface area (Å²) in [7, 11) is -1.10. The number of hydrogen-bond acceptors (Lipinski definition) is 6. The number of methoxy groups -OCH3 is 2. The first-order chi connectivity index (χ1) is 12.3. The summed E-state index contributed by atoms with van der Waals surface area (Å²) < 4.78 is 37.7. The summed E-state index contributed by atoms with van der Waals surface area (Å²) in [6.07, 6.45) is 0. The number of nitrogens with zero attached hydrogens (tertiary/aromatic N) is 2. The minimum Gasteiger partial charge on any atom is -0.497 e. The van der Waals surface area contributed by atoms with Crippen LogP contribution >= 0.6 is 0 Å². The Hall–Kier alpha value is -2.81. The zero-order chi connectivity index (χ0) is 19.5. The largest absolute Gasteiger partial charge is 0.497 e. The van der Waals surface area contributed by atoms with Gasteiger partial charge in [0.05, 0.1) is 29.7 Å². The molecule has 0 aliphatic carbocycles. The van der Waals surface area contributed by atoms with Crippen LogP contribution in [0, 0.1) is 17.0 Å². The molecule has 26 heavy (non-hydrogen) atoms. The second-order valence-electron chi connectivity index (χ2n) is 5.41. The summed E-state index contributed by atoms with van der Waals surface area (Å²) in [5.74, 6) is 0.835. The molecule has 0 spiro atoms. The lowest BCUT2D eigenvalue weighted by Gasteiger charge is -2.25. The van der Waals surface area contributed by atoms with E-state index in [9.17, 15) is 18.5 Å². The van der Waals surface area contributed by atoms with E-state index in [1.807, 2.05) is 0 Å². The lowest BCUT2D eigenvalue weighted by Crippen LogP contribution is -2.31. The lowest BCUT2D eigenvalue weighted by atomic mass is 10.2. The highest BCUT2D eigenvalue weighted by atomic mass is 32.2. The Morgan fingerprint density at radius 1 is 1.12 bits per heavy atom. The maximum atomic E-state index is 13.1. The molecule has 0 fully saturated rings.